The fourth-order valence-electron chi connectivity index (χ4n) is 3.43. The molecule has 0 radical (unpaired) electrons. The first-order valence-corrected chi connectivity index (χ1v) is 9.25. The van der Waals surface area contributed by atoms with Crippen molar-refractivity contribution in [3.05, 3.63) is 30.3 Å². The minimum atomic E-state index is -0.264. The van der Waals surface area contributed by atoms with E-state index in [1.807, 2.05) is 11.8 Å². The predicted octanol–water partition coefficient (Wildman–Crippen LogP) is 4.88. The van der Waals surface area contributed by atoms with E-state index in [1.165, 1.54) is 37.0 Å². The number of hydrogen-bond acceptors (Lipinski definition) is 3. The summed E-state index contributed by atoms with van der Waals surface area (Å²) in [6, 6.07) is 10.7. The van der Waals surface area contributed by atoms with Crippen molar-refractivity contribution in [1.82, 2.24) is 0 Å². The van der Waals surface area contributed by atoms with Gasteiger partial charge in [-0.15, -0.1) is 11.8 Å². The maximum absolute atomic E-state index is 6.14. The van der Waals surface area contributed by atoms with Crippen molar-refractivity contribution in [2.24, 2.45) is 5.41 Å². The summed E-state index contributed by atoms with van der Waals surface area (Å²) < 4.78 is 12.3. The van der Waals surface area contributed by atoms with Gasteiger partial charge in [0.2, 0.25) is 0 Å². The molecule has 3 heteroatoms. The zero-order valence-electron chi connectivity index (χ0n) is 13.0. The minimum Gasteiger partial charge on any atom is -0.347 e. The van der Waals surface area contributed by atoms with Gasteiger partial charge in [-0.1, -0.05) is 31.5 Å². The molecule has 2 aliphatic rings. The number of ether oxygens (including phenoxy) is 2. The Morgan fingerprint density at radius 1 is 1.05 bits per heavy atom. The van der Waals surface area contributed by atoms with Crippen molar-refractivity contribution in [1.29, 1.82) is 0 Å². The van der Waals surface area contributed by atoms with Crippen molar-refractivity contribution >= 4 is 11.8 Å². The lowest BCUT2D eigenvalue weighted by Crippen LogP contribution is -2.41. The standard InChI is InChI=1S/C18H26O2S/c1-2-3-9-18(19-13-14-20-18)17(10-11-17)12-15-21-16-7-5-4-6-8-16/h4-8H,2-3,9-15H2,1H3. The molecule has 1 heterocycles. The van der Waals surface area contributed by atoms with Crippen LogP contribution >= 0.6 is 11.8 Å². The summed E-state index contributed by atoms with van der Waals surface area (Å²) in [6.45, 7) is 3.79. The Hall–Kier alpha value is -0.510. The van der Waals surface area contributed by atoms with Crippen LogP contribution < -0.4 is 0 Å². The molecule has 2 fully saturated rings. The van der Waals surface area contributed by atoms with Crippen LogP contribution in [0.1, 0.15) is 45.4 Å². The van der Waals surface area contributed by atoms with Gasteiger partial charge in [0.05, 0.1) is 13.2 Å². The van der Waals surface area contributed by atoms with Crippen LogP contribution in [-0.2, 0) is 9.47 Å². The Bertz CT molecular complexity index is 436. The molecule has 2 nitrogen and oxygen atoms in total. The van der Waals surface area contributed by atoms with Crippen molar-refractivity contribution in [2.45, 2.75) is 56.1 Å². The van der Waals surface area contributed by atoms with E-state index >= 15 is 0 Å². The summed E-state index contributed by atoms with van der Waals surface area (Å²) >= 11 is 1.96. The van der Waals surface area contributed by atoms with Crippen LogP contribution in [0.5, 0.6) is 0 Å². The van der Waals surface area contributed by atoms with E-state index < -0.39 is 0 Å². The molecule has 0 aromatic heterocycles. The van der Waals surface area contributed by atoms with Crippen LogP contribution in [0.3, 0.4) is 0 Å². The highest BCUT2D eigenvalue weighted by Crippen LogP contribution is 2.61. The van der Waals surface area contributed by atoms with Gasteiger partial charge in [0, 0.05) is 16.7 Å². The topological polar surface area (TPSA) is 18.5 Å². The molecule has 1 aromatic carbocycles. The minimum absolute atomic E-state index is 0.264. The van der Waals surface area contributed by atoms with Crippen molar-refractivity contribution < 1.29 is 9.47 Å². The molecule has 0 spiro atoms. The van der Waals surface area contributed by atoms with E-state index in [9.17, 15) is 0 Å². The Labute approximate surface area is 132 Å². The fraction of sp³-hybridized carbons (Fsp3) is 0.667. The van der Waals surface area contributed by atoms with Crippen LogP contribution in [0.4, 0.5) is 0 Å². The van der Waals surface area contributed by atoms with Gasteiger partial charge in [0.1, 0.15) is 0 Å². The quantitative estimate of drug-likeness (QED) is 0.638. The van der Waals surface area contributed by atoms with E-state index in [-0.39, 0.29) is 5.79 Å². The summed E-state index contributed by atoms with van der Waals surface area (Å²) in [6.07, 6.45) is 7.23. The molecule has 116 valence electrons. The van der Waals surface area contributed by atoms with Gasteiger partial charge in [0.25, 0.3) is 0 Å². The van der Waals surface area contributed by atoms with Gasteiger partial charge in [-0.3, -0.25) is 0 Å². The maximum Gasteiger partial charge on any atom is 0.174 e. The third-order valence-corrected chi connectivity index (χ3v) is 5.88. The molecule has 21 heavy (non-hydrogen) atoms. The predicted molar refractivity (Wildman–Crippen MR) is 87.6 cm³/mol. The van der Waals surface area contributed by atoms with Crippen molar-refractivity contribution in [3.63, 3.8) is 0 Å². The molecule has 1 saturated heterocycles. The van der Waals surface area contributed by atoms with Crippen molar-refractivity contribution in [2.75, 3.05) is 19.0 Å². The lowest BCUT2D eigenvalue weighted by atomic mass is 9.88. The van der Waals surface area contributed by atoms with Gasteiger partial charge in [-0.25, -0.2) is 0 Å². The first-order chi connectivity index (χ1) is 10.3. The maximum atomic E-state index is 6.14. The SMILES string of the molecule is CCCCC1(C2(CCSc3ccccc3)CC2)OCCO1. The second-order valence-corrected chi connectivity index (χ2v) is 7.41. The second-order valence-electron chi connectivity index (χ2n) is 6.25. The summed E-state index contributed by atoms with van der Waals surface area (Å²) in [5.41, 5.74) is 0.292. The molecule has 1 aliphatic carbocycles. The van der Waals surface area contributed by atoms with Crippen LogP contribution in [-0.4, -0.2) is 24.8 Å². The zero-order chi connectivity index (χ0) is 14.6. The molecule has 1 aromatic rings. The van der Waals surface area contributed by atoms with E-state index in [4.69, 9.17) is 9.47 Å². The highest BCUT2D eigenvalue weighted by Gasteiger charge is 2.61. The summed E-state index contributed by atoms with van der Waals surface area (Å²) in [5, 5.41) is 0. The molecular formula is C18H26O2S. The fourth-order valence-corrected chi connectivity index (χ4v) is 4.51. The number of benzene rings is 1. The highest BCUT2D eigenvalue weighted by molar-refractivity contribution is 7.99. The second kappa shape index (κ2) is 6.72. The van der Waals surface area contributed by atoms with Crippen LogP contribution in [0.15, 0.2) is 35.2 Å². The highest BCUT2D eigenvalue weighted by atomic mass is 32.2. The van der Waals surface area contributed by atoms with Gasteiger partial charge in [-0.2, -0.15) is 0 Å². The van der Waals surface area contributed by atoms with E-state index in [2.05, 4.69) is 37.3 Å². The molecule has 1 saturated carbocycles. The van der Waals surface area contributed by atoms with E-state index in [0.717, 1.165) is 25.4 Å². The summed E-state index contributed by atoms with van der Waals surface area (Å²) in [5.74, 6) is 0.894. The number of hydrogen-bond donors (Lipinski definition) is 0. The van der Waals surface area contributed by atoms with Gasteiger partial charge in [-0.05, 0) is 43.6 Å². The average Bonchev–Trinajstić information content (AvgIpc) is 3.16. The lowest BCUT2D eigenvalue weighted by molar-refractivity contribution is -0.212. The summed E-state index contributed by atoms with van der Waals surface area (Å²) in [7, 11) is 0. The lowest BCUT2D eigenvalue weighted by Gasteiger charge is -2.36. The van der Waals surface area contributed by atoms with E-state index in [1.54, 1.807) is 0 Å². The first kappa shape index (κ1) is 15.4. The molecule has 3 rings (SSSR count). The Morgan fingerprint density at radius 3 is 2.38 bits per heavy atom. The molecule has 0 unspecified atom stereocenters. The first-order valence-electron chi connectivity index (χ1n) is 8.26. The Balaban J connectivity index is 1.58. The molecular weight excluding hydrogens is 280 g/mol. The van der Waals surface area contributed by atoms with Gasteiger partial charge >= 0.3 is 0 Å². The summed E-state index contributed by atoms with van der Waals surface area (Å²) in [4.78, 5) is 1.36. The third-order valence-electron chi connectivity index (χ3n) is 4.87. The van der Waals surface area contributed by atoms with Crippen LogP contribution in [0, 0.1) is 5.41 Å². The smallest absolute Gasteiger partial charge is 0.174 e. The molecule has 0 N–H and O–H groups in total. The monoisotopic (exact) mass is 306 g/mol. The van der Waals surface area contributed by atoms with Crippen LogP contribution in [0.25, 0.3) is 0 Å². The van der Waals surface area contributed by atoms with Gasteiger partial charge < -0.3 is 9.47 Å². The Kier molecular flexibility index (Phi) is 4.92. The van der Waals surface area contributed by atoms with Crippen molar-refractivity contribution in [3.8, 4) is 0 Å². The Morgan fingerprint density at radius 2 is 1.76 bits per heavy atom. The number of rotatable bonds is 8. The average molecular weight is 306 g/mol. The zero-order valence-corrected chi connectivity index (χ0v) is 13.8. The molecule has 0 bridgehead atoms. The molecule has 1 aliphatic heterocycles. The molecule has 0 atom stereocenters. The normalized spacial score (nSPS) is 22.3. The van der Waals surface area contributed by atoms with E-state index in [0.29, 0.717) is 5.41 Å². The largest absolute Gasteiger partial charge is 0.347 e. The third kappa shape index (κ3) is 3.30. The molecule has 0 amide bonds. The number of unbranched alkanes of at least 4 members (excludes halogenated alkanes) is 1. The van der Waals surface area contributed by atoms with Gasteiger partial charge in [0.15, 0.2) is 5.79 Å². The number of thioether (sulfide) groups is 1. The van der Waals surface area contributed by atoms with Crippen LogP contribution in [0.2, 0.25) is 0 Å².